The summed E-state index contributed by atoms with van der Waals surface area (Å²) >= 11 is 0. The van der Waals surface area contributed by atoms with Crippen molar-refractivity contribution in [2.24, 2.45) is 0 Å². The minimum atomic E-state index is 1.15. The third-order valence-corrected chi connectivity index (χ3v) is 1.68. The summed E-state index contributed by atoms with van der Waals surface area (Å²) in [5.74, 6) is 0. The van der Waals surface area contributed by atoms with Gasteiger partial charge < -0.3 is 0 Å². The molecular formula is C8H8. The number of fused-ring (bicyclic) bond motifs is 1. The Hall–Kier alpha value is -0.780. The highest BCUT2D eigenvalue weighted by molar-refractivity contribution is 5.52. The fraction of sp³-hybridized carbons (Fsp3) is 0.250. The predicted molar refractivity (Wildman–Crippen MR) is 34.0 cm³/mol. The van der Waals surface area contributed by atoms with Gasteiger partial charge in [-0.05, 0) is 25.3 Å². The zero-order chi connectivity index (χ0) is 5.40. The normalized spacial score (nSPS) is 23.0. The van der Waals surface area contributed by atoms with Crippen LogP contribution in [0.3, 0.4) is 0 Å². The summed E-state index contributed by atoms with van der Waals surface area (Å²) in [6.07, 6.45) is 11.4. The molecule has 0 nitrogen and oxygen atoms in total. The highest BCUT2D eigenvalue weighted by Gasteiger charge is 2.14. The fourth-order valence-corrected chi connectivity index (χ4v) is 1.26. The average molecular weight is 104 g/mol. The van der Waals surface area contributed by atoms with Gasteiger partial charge in [-0.15, -0.1) is 12.5 Å². The highest BCUT2D eigenvalue weighted by atomic mass is 14.2. The lowest BCUT2D eigenvalue weighted by molar-refractivity contribution is 1.25. The van der Waals surface area contributed by atoms with Crippen molar-refractivity contribution < 1.29 is 0 Å². The topological polar surface area (TPSA) is 0 Å². The maximum absolute atomic E-state index is 2.28. The van der Waals surface area contributed by atoms with Gasteiger partial charge in [-0.3, -0.25) is 0 Å². The zero-order valence-corrected chi connectivity index (χ0v) is 4.72. The molecule has 2 aliphatic rings. The minimum Gasteiger partial charge on any atom is -0.111 e. The first-order valence-electron chi connectivity index (χ1n) is 3.04. The Bertz CT molecular complexity index is 143. The molecule has 0 radical (unpaired) electrons. The predicted octanol–water partition coefficient (Wildman–Crippen LogP) is 2.06. The average Bonchev–Trinajstić information content (AvgIpc) is 2.15. The first-order chi connectivity index (χ1) is 3.97. The Balaban J connectivity index is 2.37. The molecule has 2 aliphatic carbocycles. The van der Waals surface area contributed by atoms with E-state index in [0.717, 1.165) is 12.8 Å². The lowest BCUT2D eigenvalue weighted by Gasteiger charge is -1.87. The van der Waals surface area contributed by atoms with Crippen molar-refractivity contribution in [1.29, 1.82) is 0 Å². The van der Waals surface area contributed by atoms with Gasteiger partial charge in [0.25, 0.3) is 0 Å². The van der Waals surface area contributed by atoms with E-state index in [1.807, 2.05) is 0 Å². The van der Waals surface area contributed by atoms with Crippen LogP contribution < -0.4 is 0 Å². The Kier molecular flexibility index (Phi) is 0.696. The number of hydrogen-bond acceptors (Lipinski definition) is 0. The maximum Gasteiger partial charge on any atom is 0.0240 e. The van der Waals surface area contributed by atoms with E-state index in [1.165, 1.54) is 11.1 Å². The highest BCUT2D eigenvalue weighted by Crippen LogP contribution is 2.32. The Morgan fingerprint density at radius 3 is 3.38 bits per heavy atom. The van der Waals surface area contributed by atoms with Gasteiger partial charge in [0.05, 0.1) is 0 Å². The summed E-state index contributed by atoms with van der Waals surface area (Å²) in [6.45, 7) is 0. The van der Waals surface area contributed by atoms with Crippen LogP contribution in [0.1, 0.15) is 12.8 Å². The molecule has 8 heavy (non-hydrogen) atoms. The zero-order valence-electron chi connectivity index (χ0n) is 4.72. The summed E-state index contributed by atoms with van der Waals surface area (Å²) in [6, 6.07) is 0. The number of hydrogen-bond donors (Lipinski definition) is 0. The molecule has 0 spiro atoms. The SMILES string of the molecule is C1=C2[CH+]C[CH-]C2=CC1. The molecule has 0 bridgehead atoms. The summed E-state index contributed by atoms with van der Waals surface area (Å²) in [5, 5.41) is 0. The van der Waals surface area contributed by atoms with Crippen molar-refractivity contribution in [1.82, 2.24) is 0 Å². The molecule has 1 fully saturated rings. The van der Waals surface area contributed by atoms with E-state index in [-0.39, 0.29) is 0 Å². The maximum atomic E-state index is 2.28. The molecule has 0 heterocycles. The van der Waals surface area contributed by atoms with Crippen LogP contribution in [0.15, 0.2) is 23.3 Å². The summed E-state index contributed by atoms with van der Waals surface area (Å²) in [7, 11) is 0. The van der Waals surface area contributed by atoms with Gasteiger partial charge in [-0.1, -0.05) is 5.57 Å². The van der Waals surface area contributed by atoms with Crippen molar-refractivity contribution >= 4 is 0 Å². The van der Waals surface area contributed by atoms with E-state index in [9.17, 15) is 0 Å². The number of allylic oxidation sites excluding steroid dienone is 4. The van der Waals surface area contributed by atoms with Crippen molar-refractivity contribution in [3.05, 3.63) is 36.1 Å². The van der Waals surface area contributed by atoms with Gasteiger partial charge in [-0.2, -0.15) is 0 Å². The van der Waals surface area contributed by atoms with Crippen LogP contribution in [0.2, 0.25) is 0 Å². The van der Waals surface area contributed by atoms with E-state index in [2.05, 4.69) is 25.0 Å². The molecule has 0 aromatic rings. The van der Waals surface area contributed by atoms with E-state index < -0.39 is 0 Å². The molecule has 0 aliphatic heterocycles. The second-order valence-corrected chi connectivity index (χ2v) is 2.20. The first-order valence-corrected chi connectivity index (χ1v) is 3.04. The van der Waals surface area contributed by atoms with Gasteiger partial charge >= 0.3 is 0 Å². The number of rotatable bonds is 0. The van der Waals surface area contributed by atoms with Gasteiger partial charge in [0.1, 0.15) is 0 Å². The monoisotopic (exact) mass is 104 g/mol. The molecule has 0 unspecified atom stereocenters. The van der Waals surface area contributed by atoms with E-state index >= 15 is 0 Å². The van der Waals surface area contributed by atoms with Gasteiger partial charge in [0.2, 0.25) is 0 Å². The van der Waals surface area contributed by atoms with Crippen LogP contribution in [-0.2, 0) is 0 Å². The van der Waals surface area contributed by atoms with Gasteiger partial charge in [0, 0.05) is 5.57 Å². The van der Waals surface area contributed by atoms with Crippen LogP contribution in [0.25, 0.3) is 0 Å². The van der Waals surface area contributed by atoms with E-state index in [0.29, 0.717) is 0 Å². The summed E-state index contributed by atoms with van der Waals surface area (Å²) in [4.78, 5) is 0. The van der Waals surface area contributed by atoms with E-state index in [4.69, 9.17) is 0 Å². The molecule has 0 heteroatoms. The van der Waals surface area contributed by atoms with Gasteiger partial charge in [0.15, 0.2) is 0 Å². The molecule has 0 N–H and O–H groups in total. The third-order valence-electron chi connectivity index (χ3n) is 1.68. The quantitative estimate of drug-likeness (QED) is 0.412. The van der Waals surface area contributed by atoms with Crippen LogP contribution in [-0.4, -0.2) is 0 Å². The molecule has 1 saturated carbocycles. The molecule has 0 atom stereocenters. The second-order valence-electron chi connectivity index (χ2n) is 2.20. The van der Waals surface area contributed by atoms with Crippen LogP contribution in [0.4, 0.5) is 0 Å². The second kappa shape index (κ2) is 1.35. The van der Waals surface area contributed by atoms with Crippen LogP contribution in [0.5, 0.6) is 0 Å². The molecule has 2 rings (SSSR count). The molecular weight excluding hydrogens is 96.1 g/mol. The lowest BCUT2D eigenvalue weighted by Crippen LogP contribution is -1.68. The third kappa shape index (κ3) is 0.401. The minimum absolute atomic E-state index is 1.15. The standard InChI is InChI=1S/C8H8/c1-3-7-5-2-6-8(7)4-1/h3-6H,1-2H2. The van der Waals surface area contributed by atoms with Crippen LogP contribution >= 0.6 is 0 Å². The molecule has 0 saturated heterocycles. The Labute approximate surface area is 49.9 Å². The van der Waals surface area contributed by atoms with Crippen LogP contribution in [0, 0.1) is 12.8 Å². The summed E-state index contributed by atoms with van der Waals surface area (Å²) < 4.78 is 0. The van der Waals surface area contributed by atoms with Crippen molar-refractivity contribution in [2.75, 3.05) is 0 Å². The van der Waals surface area contributed by atoms with Crippen molar-refractivity contribution in [2.45, 2.75) is 12.8 Å². The molecule has 40 valence electrons. The van der Waals surface area contributed by atoms with Crippen molar-refractivity contribution in [3.8, 4) is 0 Å². The van der Waals surface area contributed by atoms with E-state index in [1.54, 1.807) is 0 Å². The van der Waals surface area contributed by atoms with Gasteiger partial charge in [-0.25, -0.2) is 0 Å². The fourth-order valence-electron chi connectivity index (χ4n) is 1.26. The molecule has 0 aromatic heterocycles. The molecule has 0 amide bonds. The lowest BCUT2D eigenvalue weighted by atomic mass is 10.2. The first kappa shape index (κ1) is 4.13. The smallest absolute Gasteiger partial charge is 0.0240 e. The summed E-state index contributed by atoms with van der Waals surface area (Å²) in [5.41, 5.74) is 2.93. The molecule has 0 aromatic carbocycles. The Morgan fingerprint density at radius 2 is 2.50 bits per heavy atom. The van der Waals surface area contributed by atoms with Crippen molar-refractivity contribution in [3.63, 3.8) is 0 Å². The Morgan fingerprint density at radius 1 is 1.50 bits per heavy atom. The largest absolute Gasteiger partial charge is 0.111 e.